The van der Waals surface area contributed by atoms with Crippen LogP contribution in [0, 0.1) is 10.1 Å². The molecule has 0 bridgehead atoms. The van der Waals surface area contributed by atoms with Crippen LogP contribution in [0.4, 0.5) is 11.4 Å². The van der Waals surface area contributed by atoms with E-state index in [1.54, 1.807) is 17.1 Å². The molecule has 100 valence electrons. The molecule has 0 amide bonds. The lowest BCUT2D eigenvalue weighted by Crippen LogP contribution is -2.25. The molecule has 6 nitrogen and oxygen atoms in total. The predicted octanol–water partition coefficient (Wildman–Crippen LogP) is 2.47. The number of hydrogen-bond donors (Lipinski definition) is 1. The van der Waals surface area contributed by atoms with Crippen molar-refractivity contribution in [2.75, 3.05) is 18.0 Å². The molecule has 0 aliphatic carbocycles. The number of non-ortho nitro benzene ring substituents is 1. The molecule has 0 spiro atoms. The lowest BCUT2D eigenvalue weighted by molar-refractivity contribution is -0.384. The second kappa shape index (κ2) is 6.34. The SMILES string of the molecule is C=CCN(CC=C)c1ccc([N+](=O)[O-])cc1C(=O)O. The van der Waals surface area contributed by atoms with Gasteiger partial charge in [0, 0.05) is 25.2 Å². The largest absolute Gasteiger partial charge is 0.478 e. The van der Waals surface area contributed by atoms with Crippen LogP contribution in [0.15, 0.2) is 43.5 Å². The Kier molecular flexibility index (Phi) is 4.82. The highest BCUT2D eigenvalue weighted by molar-refractivity contribution is 5.95. The number of hydrogen-bond acceptors (Lipinski definition) is 4. The molecule has 1 aromatic carbocycles. The maximum atomic E-state index is 11.2. The molecular weight excluding hydrogens is 248 g/mol. The van der Waals surface area contributed by atoms with Crippen molar-refractivity contribution in [3.8, 4) is 0 Å². The number of nitro benzene ring substituents is 1. The van der Waals surface area contributed by atoms with Crippen molar-refractivity contribution >= 4 is 17.3 Å². The number of aromatic carboxylic acids is 1. The maximum Gasteiger partial charge on any atom is 0.338 e. The molecule has 0 aliphatic heterocycles. The molecule has 0 saturated heterocycles. The molecular formula is C13H14N2O4. The van der Waals surface area contributed by atoms with Crippen molar-refractivity contribution in [1.29, 1.82) is 0 Å². The Hall–Kier alpha value is -2.63. The average molecular weight is 262 g/mol. The van der Waals surface area contributed by atoms with Gasteiger partial charge in [-0.2, -0.15) is 0 Å². The standard InChI is InChI=1S/C13H14N2O4/c1-3-7-14(8-4-2)12-6-5-10(15(18)19)9-11(12)13(16)17/h3-6,9H,1-2,7-8H2,(H,16,17). The van der Waals surface area contributed by atoms with Crippen molar-refractivity contribution in [3.63, 3.8) is 0 Å². The van der Waals surface area contributed by atoms with Crippen LogP contribution in [0.2, 0.25) is 0 Å². The zero-order chi connectivity index (χ0) is 14.4. The van der Waals surface area contributed by atoms with Crippen LogP contribution in [0.5, 0.6) is 0 Å². The first kappa shape index (κ1) is 14.4. The van der Waals surface area contributed by atoms with E-state index in [-0.39, 0.29) is 11.3 Å². The molecule has 0 unspecified atom stereocenters. The number of carboxylic acid groups (broad SMARTS) is 1. The van der Waals surface area contributed by atoms with Gasteiger partial charge in [0.25, 0.3) is 5.69 Å². The third-order valence-electron chi connectivity index (χ3n) is 2.46. The Labute approximate surface area is 110 Å². The van der Waals surface area contributed by atoms with E-state index < -0.39 is 10.9 Å². The van der Waals surface area contributed by atoms with Crippen LogP contribution in [0.3, 0.4) is 0 Å². The second-order valence-corrected chi connectivity index (χ2v) is 3.75. The van der Waals surface area contributed by atoms with Crippen LogP contribution < -0.4 is 4.90 Å². The summed E-state index contributed by atoms with van der Waals surface area (Å²) in [6, 6.07) is 3.76. The molecule has 1 aromatic rings. The van der Waals surface area contributed by atoms with Gasteiger partial charge in [0.05, 0.1) is 16.2 Å². The summed E-state index contributed by atoms with van der Waals surface area (Å²) in [5.74, 6) is -1.21. The van der Waals surface area contributed by atoms with E-state index in [1.807, 2.05) is 0 Å². The highest BCUT2D eigenvalue weighted by atomic mass is 16.6. The van der Waals surface area contributed by atoms with Gasteiger partial charge in [0.15, 0.2) is 0 Å². The van der Waals surface area contributed by atoms with Crippen LogP contribution in [0.25, 0.3) is 0 Å². The van der Waals surface area contributed by atoms with E-state index in [4.69, 9.17) is 5.11 Å². The molecule has 1 rings (SSSR count). The third kappa shape index (κ3) is 3.41. The summed E-state index contributed by atoms with van der Waals surface area (Å²) in [7, 11) is 0. The number of nitro groups is 1. The smallest absolute Gasteiger partial charge is 0.338 e. The summed E-state index contributed by atoms with van der Waals surface area (Å²) in [5.41, 5.74) is 0.0362. The Bertz CT molecular complexity index is 515. The number of anilines is 1. The summed E-state index contributed by atoms with van der Waals surface area (Å²) in [5, 5.41) is 19.8. The van der Waals surface area contributed by atoms with Crippen molar-refractivity contribution < 1.29 is 14.8 Å². The van der Waals surface area contributed by atoms with Crippen molar-refractivity contribution in [3.05, 3.63) is 59.2 Å². The maximum absolute atomic E-state index is 11.2. The molecule has 6 heteroatoms. The first-order valence-corrected chi connectivity index (χ1v) is 5.49. The van der Waals surface area contributed by atoms with Crippen molar-refractivity contribution in [1.82, 2.24) is 0 Å². The zero-order valence-electron chi connectivity index (χ0n) is 10.3. The minimum absolute atomic E-state index is 0.113. The van der Waals surface area contributed by atoms with Gasteiger partial charge in [0.2, 0.25) is 0 Å². The molecule has 0 heterocycles. The van der Waals surface area contributed by atoms with Crippen LogP contribution in [0.1, 0.15) is 10.4 Å². The Balaban J connectivity index is 3.31. The topological polar surface area (TPSA) is 83.7 Å². The number of carboxylic acids is 1. The molecule has 0 saturated carbocycles. The number of nitrogens with zero attached hydrogens (tertiary/aromatic N) is 2. The fourth-order valence-corrected chi connectivity index (χ4v) is 1.67. The summed E-state index contributed by atoms with van der Waals surface area (Å²) < 4.78 is 0. The second-order valence-electron chi connectivity index (χ2n) is 3.75. The van der Waals surface area contributed by atoms with E-state index in [0.717, 1.165) is 6.07 Å². The van der Waals surface area contributed by atoms with E-state index in [9.17, 15) is 14.9 Å². The molecule has 0 aliphatic rings. The molecule has 0 atom stereocenters. The van der Waals surface area contributed by atoms with Crippen LogP contribution in [-0.2, 0) is 0 Å². The van der Waals surface area contributed by atoms with Gasteiger partial charge in [-0.1, -0.05) is 12.2 Å². The molecule has 19 heavy (non-hydrogen) atoms. The number of carbonyl (C=O) groups is 1. The Morgan fingerprint density at radius 2 is 1.95 bits per heavy atom. The predicted molar refractivity (Wildman–Crippen MR) is 72.7 cm³/mol. The third-order valence-corrected chi connectivity index (χ3v) is 2.46. The van der Waals surface area contributed by atoms with Gasteiger partial charge in [0.1, 0.15) is 0 Å². The summed E-state index contributed by atoms with van der Waals surface area (Å²) >= 11 is 0. The van der Waals surface area contributed by atoms with Crippen molar-refractivity contribution in [2.45, 2.75) is 0 Å². The van der Waals surface area contributed by atoms with Gasteiger partial charge in [-0.05, 0) is 6.07 Å². The first-order valence-electron chi connectivity index (χ1n) is 5.49. The molecule has 0 aromatic heterocycles. The minimum Gasteiger partial charge on any atom is -0.478 e. The van der Waals surface area contributed by atoms with E-state index in [0.29, 0.717) is 18.8 Å². The van der Waals surface area contributed by atoms with Gasteiger partial charge < -0.3 is 10.0 Å². The van der Waals surface area contributed by atoms with E-state index in [1.165, 1.54) is 12.1 Å². The average Bonchev–Trinajstić information content (AvgIpc) is 2.37. The quantitative estimate of drug-likeness (QED) is 0.463. The van der Waals surface area contributed by atoms with Gasteiger partial charge in [-0.15, -0.1) is 13.2 Å². The van der Waals surface area contributed by atoms with Gasteiger partial charge in [-0.3, -0.25) is 10.1 Å². The van der Waals surface area contributed by atoms with Crippen molar-refractivity contribution in [2.24, 2.45) is 0 Å². The summed E-state index contributed by atoms with van der Waals surface area (Å²) in [6.45, 7) is 8.04. The highest BCUT2D eigenvalue weighted by Crippen LogP contribution is 2.25. The van der Waals surface area contributed by atoms with E-state index in [2.05, 4.69) is 13.2 Å². The van der Waals surface area contributed by atoms with E-state index >= 15 is 0 Å². The Morgan fingerprint density at radius 3 is 2.37 bits per heavy atom. The Morgan fingerprint density at radius 1 is 1.37 bits per heavy atom. The molecule has 1 N–H and O–H groups in total. The lowest BCUT2D eigenvalue weighted by atomic mass is 10.1. The highest BCUT2D eigenvalue weighted by Gasteiger charge is 2.19. The fraction of sp³-hybridized carbons (Fsp3) is 0.154. The zero-order valence-corrected chi connectivity index (χ0v) is 10.3. The summed E-state index contributed by atoms with van der Waals surface area (Å²) in [6.07, 6.45) is 3.24. The molecule has 0 radical (unpaired) electrons. The first-order chi connectivity index (χ1) is 9.01. The minimum atomic E-state index is -1.21. The number of rotatable bonds is 7. The monoisotopic (exact) mass is 262 g/mol. The van der Waals surface area contributed by atoms with Crippen LogP contribution >= 0.6 is 0 Å². The lowest BCUT2D eigenvalue weighted by Gasteiger charge is -2.23. The van der Waals surface area contributed by atoms with Gasteiger partial charge in [-0.25, -0.2) is 4.79 Å². The number of benzene rings is 1. The van der Waals surface area contributed by atoms with Crippen LogP contribution in [-0.4, -0.2) is 29.1 Å². The normalized spacial score (nSPS) is 9.68. The molecule has 0 fully saturated rings. The fourth-order valence-electron chi connectivity index (χ4n) is 1.67. The van der Waals surface area contributed by atoms with Gasteiger partial charge >= 0.3 is 5.97 Å². The summed E-state index contributed by atoms with van der Waals surface area (Å²) in [4.78, 5) is 23.0.